The summed E-state index contributed by atoms with van der Waals surface area (Å²) in [6, 6.07) is 0. The first-order valence-corrected chi connectivity index (χ1v) is 6.74. The summed E-state index contributed by atoms with van der Waals surface area (Å²) in [5.41, 5.74) is 0.390. The second-order valence-corrected chi connectivity index (χ2v) is 6.36. The third-order valence-corrected chi connectivity index (χ3v) is 3.52. The average Bonchev–Trinajstić information content (AvgIpc) is 2.87. The molecule has 1 aliphatic rings. The fourth-order valence-electron chi connectivity index (χ4n) is 2.34. The Labute approximate surface area is 109 Å². The molecule has 0 amide bonds. The van der Waals surface area contributed by atoms with Crippen molar-refractivity contribution in [2.24, 2.45) is 0 Å². The van der Waals surface area contributed by atoms with Crippen LogP contribution in [-0.2, 0) is 12.1 Å². The topological polar surface area (TPSA) is 63.0 Å². The molecule has 0 aliphatic heterocycles. The molecule has 5 nitrogen and oxygen atoms in total. The van der Waals surface area contributed by atoms with Gasteiger partial charge in [0.25, 0.3) is 0 Å². The van der Waals surface area contributed by atoms with Gasteiger partial charge in [-0.3, -0.25) is 0 Å². The summed E-state index contributed by atoms with van der Waals surface area (Å²) in [6.07, 6.45) is 6.06. The van der Waals surface area contributed by atoms with Gasteiger partial charge in [0.1, 0.15) is 0 Å². The van der Waals surface area contributed by atoms with E-state index in [1.807, 2.05) is 10.9 Å². The summed E-state index contributed by atoms with van der Waals surface area (Å²) >= 11 is 0. The third-order valence-electron chi connectivity index (χ3n) is 3.52. The van der Waals surface area contributed by atoms with Crippen molar-refractivity contribution in [2.45, 2.75) is 64.1 Å². The zero-order chi connectivity index (χ0) is 13.2. The number of nitrogens with one attached hydrogen (secondary N) is 1. The van der Waals surface area contributed by atoms with Crippen molar-refractivity contribution in [1.29, 1.82) is 0 Å². The predicted octanol–water partition coefficient (Wildman–Crippen LogP) is 1.43. The van der Waals surface area contributed by atoms with E-state index in [-0.39, 0.29) is 5.54 Å². The maximum atomic E-state index is 10.2. The van der Waals surface area contributed by atoms with Crippen LogP contribution in [0.15, 0.2) is 6.20 Å². The van der Waals surface area contributed by atoms with Crippen molar-refractivity contribution in [3.8, 4) is 0 Å². The molecule has 1 aliphatic carbocycles. The van der Waals surface area contributed by atoms with E-state index in [4.69, 9.17) is 0 Å². The molecule has 0 saturated heterocycles. The summed E-state index contributed by atoms with van der Waals surface area (Å²) in [5, 5.41) is 21.7. The van der Waals surface area contributed by atoms with E-state index in [1.54, 1.807) is 0 Å². The maximum Gasteiger partial charge on any atom is 0.0965 e. The van der Waals surface area contributed by atoms with Crippen LogP contribution in [0, 0.1) is 0 Å². The molecular formula is C13H24N4O. The Hall–Kier alpha value is -0.940. The molecule has 2 rings (SSSR count). The Balaban J connectivity index is 1.82. The number of hydrogen-bond acceptors (Lipinski definition) is 4. The fraction of sp³-hybridized carbons (Fsp3) is 0.846. The lowest BCUT2D eigenvalue weighted by Crippen LogP contribution is -2.37. The third kappa shape index (κ3) is 3.29. The lowest BCUT2D eigenvalue weighted by atomic mass is 10.0. The van der Waals surface area contributed by atoms with Gasteiger partial charge in [0.15, 0.2) is 0 Å². The summed E-state index contributed by atoms with van der Waals surface area (Å²) < 4.78 is 1.87. The van der Waals surface area contributed by atoms with Crippen LogP contribution in [0.3, 0.4) is 0 Å². The van der Waals surface area contributed by atoms with Gasteiger partial charge in [0, 0.05) is 13.1 Å². The molecule has 5 heteroatoms. The summed E-state index contributed by atoms with van der Waals surface area (Å²) in [6.45, 7) is 7.61. The molecule has 1 aromatic rings. The highest BCUT2D eigenvalue weighted by Gasteiger charge is 2.30. The van der Waals surface area contributed by atoms with Crippen LogP contribution >= 0.6 is 0 Å². The molecule has 1 fully saturated rings. The highest BCUT2D eigenvalue weighted by Crippen LogP contribution is 2.28. The summed E-state index contributed by atoms with van der Waals surface area (Å²) in [5.74, 6) is 0. The van der Waals surface area contributed by atoms with Crippen molar-refractivity contribution in [3.63, 3.8) is 0 Å². The van der Waals surface area contributed by atoms with Crippen molar-refractivity contribution in [1.82, 2.24) is 20.3 Å². The first-order chi connectivity index (χ1) is 8.39. The largest absolute Gasteiger partial charge is 0.389 e. The van der Waals surface area contributed by atoms with E-state index < -0.39 is 5.60 Å². The smallest absolute Gasteiger partial charge is 0.0965 e. The zero-order valence-electron chi connectivity index (χ0n) is 11.6. The van der Waals surface area contributed by atoms with Crippen molar-refractivity contribution in [2.75, 3.05) is 6.54 Å². The minimum absolute atomic E-state index is 0.0328. The molecular weight excluding hydrogens is 228 g/mol. The molecule has 18 heavy (non-hydrogen) atoms. The second-order valence-electron chi connectivity index (χ2n) is 6.36. The normalized spacial score (nSPS) is 19.3. The van der Waals surface area contributed by atoms with Crippen LogP contribution in [-0.4, -0.2) is 32.2 Å². The highest BCUT2D eigenvalue weighted by molar-refractivity contribution is 4.95. The average molecular weight is 252 g/mol. The van der Waals surface area contributed by atoms with E-state index in [9.17, 15) is 5.11 Å². The zero-order valence-corrected chi connectivity index (χ0v) is 11.6. The number of aromatic nitrogens is 3. The molecule has 1 aromatic heterocycles. The molecule has 2 N–H and O–H groups in total. The number of rotatable bonds is 4. The Kier molecular flexibility index (Phi) is 3.73. The van der Waals surface area contributed by atoms with Crippen LogP contribution in [0.25, 0.3) is 0 Å². The standard InChI is InChI=1S/C13H24N4O/c1-12(2,3)17-9-11(15-16-17)8-14-10-13(18)6-4-5-7-13/h9,14,18H,4-8,10H2,1-3H3. The molecule has 0 bridgehead atoms. The Morgan fingerprint density at radius 1 is 1.39 bits per heavy atom. The Bertz CT molecular complexity index is 388. The molecule has 1 heterocycles. The van der Waals surface area contributed by atoms with E-state index in [0.29, 0.717) is 13.1 Å². The Morgan fingerprint density at radius 2 is 2.06 bits per heavy atom. The second kappa shape index (κ2) is 4.97. The van der Waals surface area contributed by atoms with Crippen molar-refractivity contribution in [3.05, 3.63) is 11.9 Å². The quantitative estimate of drug-likeness (QED) is 0.851. The molecule has 0 atom stereocenters. The highest BCUT2D eigenvalue weighted by atomic mass is 16.3. The van der Waals surface area contributed by atoms with E-state index in [1.165, 1.54) is 0 Å². The molecule has 1 saturated carbocycles. The van der Waals surface area contributed by atoms with Gasteiger partial charge in [-0.2, -0.15) is 0 Å². The number of nitrogens with zero attached hydrogens (tertiary/aromatic N) is 3. The van der Waals surface area contributed by atoms with Gasteiger partial charge in [0.05, 0.1) is 23.0 Å². The number of hydrogen-bond donors (Lipinski definition) is 2. The van der Waals surface area contributed by atoms with Crippen LogP contribution in [0.2, 0.25) is 0 Å². The predicted molar refractivity (Wildman–Crippen MR) is 70.1 cm³/mol. The summed E-state index contributed by atoms with van der Waals surface area (Å²) in [4.78, 5) is 0. The van der Waals surface area contributed by atoms with Gasteiger partial charge in [-0.15, -0.1) is 5.10 Å². The van der Waals surface area contributed by atoms with E-state index in [0.717, 1.165) is 31.4 Å². The van der Waals surface area contributed by atoms with Gasteiger partial charge in [-0.1, -0.05) is 18.1 Å². The maximum absolute atomic E-state index is 10.2. The van der Waals surface area contributed by atoms with Gasteiger partial charge in [-0.05, 0) is 33.6 Å². The van der Waals surface area contributed by atoms with Gasteiger partial charge < -0.3 is 10.4 Å². The van der Waals surface area contributed by atoms with E-state index in [2.05, 4.69) is 36.4 Å². The minimum atomic E-state index is -0.500. The molecule has 0 radical (unpaired) electrons. The lowest BCUT2D eigenvalue weighted by molar-refractivity contribution is 0.0474. The van der Waals surface area contributed by atoms with Gasteiger partial charge in [-0.25, -0.2) is 4.68 Å². The molecule has 0 aromatic carbocycles. The van der Waals surface area contributed by atoms with Crippen LogP contribution in [0.1, 0.15) is 52.1 Å². The van der Waals surface area contributed by atoms with Crippen LogP contribution in [0.5, 0.6) is 0 Å². The van der Waals surface area contributed by atoms with Crippen LogP contribution in [0.4, 0.5) is 0 Å². The van der Waals surface area contributed by atoms with Gasteiger partial charge in [0.2, 0.25) is 0 Å². The molecule has 102 valence electrons. The number of aliphatic hydroxyl groups is 1. The first-order valence-electron chi connectivity index (χ1n) is 6.74. The van der Waals surface area contributed by atoms with Crippen molar-refractivity contribution < 1.29 is 5.11 Å². The van der Waals surface area contributed by atoms with Gasteiger partial charge >= 0.3 is 0 Å². The fourth-order valence-corrected chi connectivity index (χ4v) is 2.34. The lowest BCUT2D eigenvalue weighted by Gasteiger charge is -2.22. The van der Waals surface area contributed by atoms with E-state index >= 15 is 0 Å². The van der Waals surface area contributed by atoms with Crippen molar-refractivity contribution >= 4 is 0 Å². The monoisotopic (exact) mass is 252 g/mol. The minimum Gasteiger partial charge on any atom is -0.389 e. The first kappa shape index (κ1) is 13.5. The van der Waals surface area contributed by atoms with Crippen LogP contribution < -0.4 is 5.32 Å². The summed E-state index contributed by atoms with van der Waals surface area (Å²) in [7, 11) is 0. The molecule has 0 spiro atoms. The Morgan fingerprint density at radius 3 is 2.61 bits per heavy atom. The SMILES string of the molecule is CC(C)(C)n1cc(CNCC2(O)CCCC2)nn1. The molecule has 0 unspecified atom stereocenters.